The Bertz CT molecular complexity index is 1480. The molecule has 0 spiro atoms. The van der Waals surface area contributed by atoms with Gasteiger partial charge in [0.1, 0.15) is 5.52 Å². The normalized spacial score (nSPS) is 11.2. The van der Waals surface area contributed by atoms with E-state index in [0.29, 0.717) is 38.3 Å². The number of hydrogen-bond acceptors (Lipinski definition) is 3. The molecule has 4 nitrogen and oxygen atoms in total. The Morgan fingerprint density at radius 3 is 2.58 bits per heavy atom. The summed E-state index contributed by atoms with van der Waals surface area (Å²) in [5.74, 6) is 0.180. The lowest BCUT2D eigenvalue weighted by atomic mass is 10.0. The zero-order chi connectivity index (χ0) is 21.5. The van der Waals surface area contributed by atoms with Crippen LogP contribution in [0.2, 0.25) is 10.0 Å². The van der Waals surface area contributed by atoms with E-state index in [1.54, 1.807) is 36.4 Å². The van der Waals surface area contributed by atoms with Gasteiger partial charge in [0.25, 0.3) is 5.91 Å². The number of aromatic nitrogens is 1. The number of amides is 1. The minimum Gasteiger partial charge on any atom is -0.436 e. The van der Waals surface area contributed by atoms with E-state index in [4.69, 9.17) is 27.6 Å². The van der Waals surface area contributed by atoms with Crippen molar-refractivity contribution in [3.05, 3.63) is 92.9 Å². The first-order valence-electron chi connectivity index (χ1n) is 9.34. The monoisotopic (exact) mass is 510 g/mol. The van der Waals surface area contributed by atoms with E-state index < -0.39 is 0 Å². The number of benzene rings is 4. The molecule has 0 saturated heterocycles. The maximum absolute atomic E-state index is 12.7. The van der Waals surface area contributed by atoms with Gasteiger partial charge in [-0.15, -0.1) is 0 Å². The number of fused-ring (bicyclic) bond motifs is 2. The van der Waals surface area contributed by atoms with Crippen molar-refractivity contribution in [3.8, 4) is 11.5 Å². The van der Waals surface area contributed by atoms with Gasteiger partial charge in [-0.2, -0.15) is 0 Å². The van der Waals surface area contributed by atoms with Crippen LogP contribution in [-0.2, 0) is 0 Å². The zero-order valence-electron chi connectivity index (χ0n) is 15.8. The molecule has 31 heavy (non-hydrogen) atoms. The van der Waals surface area contributed by atoms with Crippen molar-refractivity contribution in [1.82, 2.24) is 4.98 Å². The lowest BCUT2D eigenvalue weighted by molar-refractivity contribution is 0.102. The average Bonchev–Trinajstić information content (AvgIpc) is 3.18. The molecule has 0 aliphatic carbocycles. The number of oxazole rings is 1. The first kappa shape index (κ1) is 20.1. The highest BCUT2D eigenvalue weighted by Crippen LogP contribution is 2.34. The molecule has 0 atom stereocenters. The van der Waals surface area contributed by atoms with Crippen LogP contribution in [0.25, 0.3) is 33.3 Å². The van der Waals surface area contributed by atoms with Crippen molar-refractivity contribution in [3.63, 3.8) is 0 Å². The number of carbonyl (C=O) groups excluding carboxylic acids is 1. The molecule has 0 saturated carbocycles. The predicted molar refractivity (Wildman–Crippen MR) is 129 cm³/mol. The molecular formula is C24H13BrCl2N2O2. The van der Waals surface area contributed by atoms with Gasteiger partial charge < -0.3 is 9.73 Å². The molecule has 7 heteroatoms. The largest absolute Gasteiger partial charge is 0.436 e. The van der Waals surface area contributed by atoms with Crippen molar-refractivity contribution in [2.75, 3.05) is 5.32 Å². The van der Waals surface area contributed by atoms with Crippen LogP contribution in [0, 0.1) is 0 Å². The lowest BCUT2D eigenvalue weighted by Gasteiger charge is -2.07. The minimum absolute atomic E-state index is 0.307. The number of nitrogens with zero attached hydrogens (tertiary/aromatic N) is 1. The summed E-state index contributed by atoms with van der Waals surface area (Å²) in [6.07, 6.45) is 0. The van der Waals surface area contributed by atoms with Crippen LogP contribution in [0.1, 0.15) is 10.4 Å². The fourth-order valence-electron chi connectivity index (χ4n) is 3.45. The van der Waals surface area contributed by atoms with Gasteiger partial charge in [-0.3, -0.25) is 4.79 Å². The molecule has 4 aromatic carbocycles. The summed E-state index contributed by atoms with van der Waals surface area (Å²) in [5.41, 5.74) is 3.07. The summed E-state index contributed by atoms with van der Waals surface area (Å²) in [6.45, 7) is 0. The molecule has 0 radical (unpaired) electrons. The second-order valence-corrected chi connectivity index (χ2v) is 8.65. The van der Waals surface area contributed by atoms with Gasteiger partial charge in [-0.25, -0.2) is 4.98 Å². The third kappa shape index (κ3) is 3.81. The summed E-state index contributed by atoms with van der Waals surface area (Å²) in [6, 6.07) is 22.0. The third-order valence-electron chi connectivity index (χ3n) is 4.92. The van der Waals surface area contributed by atoms with Gasteiger partial charge in [0.2, 0.25) is 5.89 Å². The Hall–Kier alpha value is -2.86. The molecule has 0 fully saturated rings. The Balaban J connectivity index is 1.51. The van der Waals surface area contributed by atoms with Crippen molar-refractivity contribution >= 4 is 72.6 Å². The van der Waals surface area contributed by atoms with E-state index in [2.05, 4.69) is 26.2 Å². The molecule has 0 unspecified atom stereocenters. The second-order valence-electron chi connectivity index (χ2n) is 6.92. The molecule has 0 bridgehead atoms. The molecule has 5 aromatic rings. The summed E-state index contributed by atoms with van der Waals surface area (Å²) in [4.78, 5) is 17.3. The van der Waals surface area contributed by atoms with Crippen molar-refractivity contribution in [2.45, 2.75) is 0 Å². The van der Waals surface area contributed by atoms with E-state index in [1.165, 1.54) is 0 Å². The molecule has 1 aromatic heterocycles. The van der Waals surface area contributed by atoms with E-state index in [0.717, 1.165) is 20.8 Å². The lowest BCUT2D eigenvalue weighted by Crippen LogP contribution is -2.12. The van der Waals surface area contributed by atoms with E-state index in [1.807, 2.05) is 36.4 Å². The SMILES string of the molecule is O=C(Nc1ccc2oc(-c3cccc4c(Cl)cccc34)nc2c1)c1cc(Br)ccc1Cl. The van der Waals surface area contributed by atoms with E-state index in [-0.39, 0.29) is 5.91 Å². The van der Waals surface area contributed by atoms with Gasteiger partial charge >= 0.3 is 0 Å². The van der Waals surface area contributed by atoms with Gasteiger partial charge in [0.05, 0.1) is 10.6 Å². The maximum atomic E-state index is 12.7. The first-order chi connectivity index (χ1) is 15.0. The van der Waals surface area contributed by atoms with Gasteiger partial charge in [0, 0.05) is 26.1 Å². The van der Waals surface area contributed by atoms with Crippen molar-refractivity contribution in [2.24, 2.45) is 0 Å². The summed E-state index contributed by atoms with van der Waals surface area (Å²) >= 11 is 15.9. The van der Waals surface area contributed by atoms with E-state index >= 15 is 0 Å². The fourth-order valence-corrected chi connectivity index (χ4v) is 4.25. The summed E-state index contributed by atoms with van der Waals surface area (Å²) < 4.78 is 6.76. The molecule has 0 aliphatic rings. The zero-order valence-corrected chi connectivity index (χ0v) is 18.9. The Morgan fingerprint density at radius 2 is 1.71 bits per heavy atom. The number of rotatable bonds is 3. The fraction of sp³-hybridized carbons (Fsp3) is 0. The molecule has 5 rings (SSSR count). The Morgan fingerprint density at radius 1 is 0.903 bits per heavy atom. The highest BCUT2D eigenvalue weighted by Gasteiger charge is 2.15. The van der Waals surface area contributed by atoms with Crippen LogP contribution in [-0.4, -0.2) is 10.9 Å². The summed E-state index contributed by atoms with van der Waals surface area (Å²) in [5, 5.41) is 5.80. The van der Waals surface area contributed by atoms with Crippen molar-refractivity contribution in [1.29, 1.82) is 0 Å². The van der Waals surface area contributed by atoms with Gasteiger partial charge in [-0.1, -0.05) is 63.4 Å². The molecule has 1 amide bonds. The van der Waals surface area contributed by atoms with Crippen LogP contribution in [0.4, 0.5) is 5.69 Å². The van der Waals surface area contributed by atoms with Crippen LogP contribution in [0.3, 0.4) is 0 Å². The Labute approximate surface area is 195 Å². The number of hydrogen-bond donors (Lipinski definition) is 1. The molecule has 152 valence electrons. The molecule has 1 N–H and O–H groups in total. The standard InChI is InChI=1S/C24H13BrCl2N2O2/c25-13-7-9-20(27)18(11-13)23(30)28-14-8-10-22-21(12-14)29-24(31-22)17-5-1-4-16-15(17)3-2-6-19(16)26/h1-12H,(H,28,30). The maximum Gasteiger partial charge on any atom is 0.257 e. The van der Waals surface area contributed by atoms with Gasteiger partial charge in [-0.05, 0) is 53.9 Å². The van der Waals surface area contributed by atoms with Crippen LogP contribution >= 0.6 is 39.1 Å². The average molecular weight is 512 g/mol. The Kier molecular flexibility index (Phi) is 5.18. The van der Waals surface area contributed by atoms with Gasteiger partial charge in [0.15, 0.2) is 5.58 Å². The number of halogens is 3. The minimum atomic E-state index is -0.307. The number of nitrogens with one attached hydrogen (secondary N) is 1. The predicted octanol–water partition coefficient (Wildman–Crippen LogP) is 7.97. The first-order valence-corrected chi connectivity index (χ1v) is 10.9. The van der Waals surface area contributed by atoms with E-state index in [9.17, 15) is 4.79 Å². The van der Waals surface area contributed by atoms with Crippen LogP contribution < -0.4 is 5.32 Å². The quantitative estimate of drug-likeness (QED) is 0.267. The van der Waals surface area contributed by atoms with Crippen molar-refractivity contribution < 1.29 is 9.21 Å². The van der Waals surface area contributed by atoms with Crippen LogP contribution in [0.5, 0.6) is 0 Å². The highest BCUT2D eigenvalue weighted by molar-refractivity contribution is 9.10. The molecule has 1 heterocycles. The summed E-state index contributed by atoms with van der Waals surface area (Å²) in [7, 11) is 0. The second kappa shape index (κ2) is 8.00. The highest BCUT2D eigenvalue weighted by atomic mass is 79.9. The number of anilines is 1. The molecule has 0 aliphatic heterocycles. The van der Waals surface area contributed by atoms with Crippen LogP contribution in [0.15, 0.2) is 81.7 Å². The molecular weight excluding hydrogens is 499 g/mol. The third-order valence-corrected chi connectivity index (χ3v) is 6.07. The smallest absolute Gasteiger partial charge is 0.257 e. The number of carbonyl (C=O) groups is 1. The topological polar surface area (TPSA) is 55.1 Å².